The number of hydrogen-bond donors (Lipinski definition) is 0. The van der Waals surface area contributed by atoms with Crippen molar-refractivity contribution in [3.63, 3.8) is 0 Å². The molecule has 350 valence electrons. The molecule has 6 nitrogen and oxygen atoms in total. The summed E-state index contributed by atoms with van der Waals surface area (Å²) in [6.45, 7) is 0. The molecule has 0 atom stereocenters. The van der Waals surface area contributed by atoms with Crippen molar-refractivity contribution in [3.05, 3.63) is 231 Å². The van der Waals surface area contributed by atoms with Crippen molar-refractivity contribution in [2.45, 2.75) is 0 Å². The molecule has 0 radical (unpaired) electrons. The maximum absolute atomic E-state index is 5.38. The predicted molar refractivity (Wildman–Crippen MR) is 315 cm³/mol. The van der Waals surface area contributed by atoms with Crippen LogP contribution in [0.15, 0.2) is 231 Å². The summed E-state index contributed by atoms with van der Waals surface area (Å²) in [5.41, 5.74) is 10.00. The number of aromatic nitrogens is 6. The molecule has 0 unspecified atom stereocenters. The van der Waals surface area contributed by atoms with Gasteiger partial charge in [-0.15, -0.1) is 34.0 Å². The summed E-state index contributed by atoms with van der Waals surface area (Å²) in [6.07, 6.45) is 0. The van der Waals surface area contributed by atoms with Gasteiger partial charge in [-0.25, -0.2) is 29.9 Å². The van der Waals surface area contributed by atoms with Crippen LogP contribution in [0.25, 0.3) is 151 Å². The Hall–Kier alpha value is -9.12. The Balaban J connectivity index is 0.895. The SMILES string of the molecule is c1ccc(-c2nc(-c3cccc(-c4ccc(-c5nc(-c6ccccc6)nc(-c6cccc7c6sc6ccccc67)n5)c5sc6ccccc6c45)c3)nc(-c3ccccc3-c3cccc4c3sc3ccccc34)n2)cc1. The molecule has 0 saturated heterocycles. The third kappa shape index (κ3) is 7.42. The molecule has 75 heavy (non-hydrogen) atoms. The Labute approximate surface area is 442 Å². The molecule has 0 bridgehead atoms. The standard InChI is InChI=1S/C66H38N6S3/c1-3-18-39(19-4-1)61-67-63(71-64(68-61)50-27-8-7-24-44(50)47-29-16-30-48-45-25-9-12-33-54(45)73-58(47)48)42-23-15-22-41(38-42)43-36-37-53(60-57(43)51-28-11-14-35-56(51)75-60)66-70-62(40-20-5-2-6-21-40)69-65(72-66)52-32-17-31-49-46-26-10-13-34-55(46)74-59(49)52/h1-38H. The van der Waals surface area contributed by atoms with Crippen molar-refractivity contribution >= 4 is 94.5 Å². The normalized spacial score (nSPS) is 11.7. The smallest absolute Gasteiger partial charge is 0.165 e. The van der Waals surface area contributed by atoms with Crippen LogP contribution in [-0.2, 0) is 0 Å². The lowest BCUT2D eigenvalue weighted by molar-refractivity contribution is 1.07. The molecular weight excluding hydrogens is 973 g/mol. The molecule has 15 rings (SSSR count). The highest BCUT2D eigenvalue weighted by atomic mass is 32.1. The van der Waals surface area contributed by atoms with Gasteiger partial charge in [-0.05, 0) is 53.1 Å². The predicted octanol–water partition coefficient (Wildman–Crippen LogP) is 18.5. The number of benzene rings is 10. The number of fused-ring (bicyclic) bond motifs is 9. The molecule has 0 aliphatic heterocycles. The fraction of sp³-hybridized carbons (Fsp3) is 0. The van der Waals surface area contributed by atoms with Gasteiger partial charge >= 0.3 is 0 Å². The Kier molecular flexibility index (Phi) is 10.3. The summed E-state index contributed by atoms with van der Waals surface area (Å²) in [5.74, 6) is 3.73. The third-order valence-electron chi connectivity index (χ3n) is 14.0. The van der Waals surface area contributed by atoms with E-state index in [1.807, 2.05) is 47.7 Å². The highest BCUT2D eigenvalue weighted by Gasteiger charge is 2.23. The fourth-order valence-corrected chi connectivity index (χ4v) is 14.2. The van der Waals surface area contributed by atoms with E-state index in [9.17, 15) is 0 Å². The highest BCUT2D eigenvalue weighted by Crippen LogP contribution is 2.47. The second kappa shape index (κ2) is 17.8. The number of hydrogen-bond acceptors (Lipinski definition) is 9. The van der Waals surface area contributed by atoms with Gasteiger partial charge in [0.05, 0.1) is 0 Å². The van der Waals surface area contributed by atoms with Crippen LogP contribution < -0.4 is 0 Å². The summed E-state index contributed by atoms with van der Waals surface area (Å²) in [5, 5.41) is 7.26. The van der Waals surface area contributed by atoms with Crippen LogP contribution in [0.3, 0.4) is 0 Å². The van der Waals surface area contributed by atoms with E-state index in [1.54, 1.807) is 22.7 Å². The number of thiophene rings is 3. The molecule has 0 fully saturated rings. The minimum absolute atomic E-state index is 0.596. The van der Waals surface area contributed by atoms with Crippen LogP contribution in [0.4, 0.5) is 0 Å². The Morgan fingerprint density at radius 1 is 0.213 bits per heavy atom. The van der Waals surface area contributed by atoms with Crippen LogP contribution in [-0.4, -0.2) is 29.9 Å². The third-order valence-corrected chi connectivity index (χ3v) is 17.7. The Morgan fingerprint density at radius 3 is 1.23 bits per heavy atom. The molecule has 10 aromatic carbocycles. The van der Waals surface area contributed by atoms with E-state index in [4.69, 9.17) is 29.9 Å². The van der Waals surface area contributed by atoms with E-state index in [0.29, 0.717) is 34.9 Å². The first-order valence-electron chi connectivity index (χ1n) is 24.8. The summed E-state index contributed by atoms with van der Waals surface area (Å²) >= 11 is 5.38. The molecule has 0 aliphatic rings. The molecular formula is C66H38N6S3. The Bertz CT molecular complexity index is 4730. The summed E-state index contributed by atoms with van der Waals surface area (Å²) < 4.78 is 7.19. The average molecular weight is 1010 g/mol. The minimum Gasteiger partial charge on any atom is -0.208 e. The van der Waals surface area contributed by atoms with Crippen LogP contribution in [0, 0.1) is 0 Å². The van der Waals surface area contributed by atoms with Gasteiger partial charge in [0.1, 0.15) is 0 Å². The molecule has 5 heterocycles. The van der Waals surface area contributed by atoms with Crippen LogP contribution in [0.5, 0.6) is 0 Å². The van der Waals surface area contributed by atoms with Gasteiger partial charge in [-0.2, -0.15) is 0 Å². The second-order valence-electron chi connectivity index (χ2n) is 18.5. The van der Waals surface area contributed by atoms with E-state index >= 15 is 0 Å². The van der Waals surface area contributed by atoms with Crippen molar-refractivity contribution in [1.82, 2.24) is 29.9 Å². The zero-order valence-corrected chi connectivity index (χ0v) is 42.3. The maximum Gasteiger partial charge on any atom is 0.165 e. The molecule has 5 aromatic heterocycles. The van der Waals surface area contributed by atoms with E-state index in [-0.39, 0.29) is 0 Å². The molecule has 15 aromatic rings. The second-order valence-corrected chi connectivity index (χ2v) is 21.7. The molecule has 0 saturated carbocycles. The topological polar surface area (TPSA) is 77.3 Å². The quantitative estimate of drug-likeness (QED) is 0.151. The van der Waals surface area contributed by atoms with E-state index in [0.717, 1.165) is 70.4 Å². The summed E-state index contributed by atoms with van der Waals surface area (Å²) in [4.78, 5) is 31.7. The van der Waals surface area contributed by atoms with Crippen LogP contribution >= 0.6 is 34.0 Å². The lowest BCUT2D eigenvalue weighted by Crippen LogP contribution is -2.01. The molecule has 0 spiro atoms. The number of nitrogens with zero attached hydrogens (tertiary/aromatic N) is 6. The van der Waals surface area contributed by atoms with Crippen molar-refractivity contribution in [1.29, 1.82) is 0 Å². The van der Waals surface area contributed by atoms with Gasteiger partial charge in [0.2, 0.25) is 0 Å². The molecule has 0 aliphatic carbocycles. The monoisotopic (exact) mass is 1010 g/mol. The molecule has 9 heteroatoms. The van der Waals surface area contributed by atoms with Gasteiger partial charge in [0.25, 0.3) is 0 Å². The highest BCUT2D eigenvalue weighted by molar-refractivity contribution is 7.27. The minimum atomic E-state index is 0.596. The van der Waals surface area contributed by atoms with Gasteiger partial charge in [0.15, 0.2) is 34.9 Å². The zero-order valence-electron chi connectivity index (χ0n) is 39.8. The lowest BCUT2D eigenvalue weighted by atomic mass is 9.95. The van der Waals surface area contributed by atoms with Crippen molar-refractivity contribution < 1.29 is 0 Å². The van der Waals surface area contributed by atoms with E-state index in [2.05, 4.69) is 194 Å². The van der Waals surface area contributed by atoms with Crippen LogP contribution in [0.1, 0.15) is 0 Å². The first-order valence-corrected chi connectivity index (χ1v) is 27.2. The van der Waals surface area contributed by atoms with Crippen molar-refractivity contribution in [3.8, 4) is 90.6 Å². The van der Waals surface area contributed by atoms with Crippen molar-refractivity contribution in [2.75, 3.05) is 0 Å². The van der Waals surface area contributed by atoms with Gasteiger partial charge in [-0.3, -0.25) is 0 Å². The van der Waals surface area contributed by atoms with Gasteiger partial charge in [-0.1, -0.05) is 194 Å². The maximum atomic E-state index is 5.38. The average Bonchev–Trinajstić information content (AvgIpc) is 4.20. The molecule has 0 amide bonds. The first kappa shape index (κ1) is 43.5. The zero-order chi connectivity index (χ0) is 49.4. The summed E-state index contributed by atoms with van der Waals surface area (Å²) in [7, 11) is 0. The van der Waals surface area contributed by atoms with E-state index in [1.165, 1.54) is 45.7 Å². The van der Waals surface area contributed by atoms with Gasteiger partial charge < -0.3 is 0 Å². The van der Waals surface area contributed by atoms with E-state index < -0.39 is 0 Å². The van der Waals surface area contributed by atoms with Gasteiger partial charge in [0, 0.05) is 99.5 Å². The van der Waals surface area contributed by atoms with Crippen LogP contribution in [0.2, 0.25) is 0 Å². The molecule has 0 N–H and O–H groups in total. The fourth-order valence-electron chi connectivity index (χ4n) is 10.5. The summed E-state index contributed by atoms with van der Waals surface area (Å²) in [6, 6.07) is 80.9. The number of rotatable bonds is 8. The Morgan fingerprint density at radius 2 is 0.587 bits per heavy atom. The van der Waals surface area contributed by atoms with Crippen molar-refractivity contribution in [2.24, 2.45) is 0 Å². The largest absolute Gasteiger partial charge is 0.208 e. The lowest BCUT2D eigenvalue weighted by Gasteiger charge is -2.14. The first-order chi connectivity index (χ1) is 37.2.